The number of nitrogens with zero attached hydrogens (tertiary/aromatic N) is 1. The van der Waals surface area contributed by atoms with E-state index in [1.807, 2.05) is 11.4 Å². The summed E-state index contributed by atoms with van der Waals surface area (Å²) >= 11 is 0. The van der Waals surface area contributed by atoms with Crippen LogP contribution in [0, 0.1) is 11.8 Å². The van der Waals surface area contributed by atoms with E-state index in [0.717, 1.165) is 12.6 Å². The van der Waals surface area contributed by atoms with Gasteiger partial charge in [0, 0.05) is 13.6 Å². The van der Waals surface area contributed by atoms with Crippen LogP contribution in [0.5, 0.6) is 0 Å². The second-order valence-electron chi connectivity index (χ2n) is 10.0. The van der Waals surface area contributed by atoms with Gasteiger partial charge in [0.1, 0.15) is 24.8 Å². The second-order valence-corrected chi connectivity index (χ2v) is 10.0. The van der Waals surface area contributed by atoms with Crippen LogP contribution in [-0.2, 0) is 25.7 Å². The highest BCUT2D eigenvalue weighted by Crippen LogP contribution is 2.26. The van der Waals surface area contributed by atoms with Crippen molar-refractivity contribution >= 4 is 23.8 Å². The molecule has 0 aromatic heterocycles. The number of hydrogen-bond acceptors (Lipinski definition) is 6. The van der Waals surface area contributed by atoms with Gasteiger partial charge in [-0.3, -0.25) is 14.4 Å². The lowest BCUT2D eigenvalue weighted by Crippen LogP contribution is -2.61. The minimum Gasteiger partial charge on any atom is -0.445 e. The maximum atomic E-state index is 14.4. The number of alkyl carbamates (subject to hydrolysis) is 1. The SMILES string of the molecule is CNC(=O)C(F)(F)[C@H](O)[C@@H](NC(=O)[C@@H]1CCCN1C(=O)[C@@H](NC(=O)OCc1ccccc1)C(C)C)C(C)C. The first-order valence-electron chi connectivity index (χ1n) is 12.7. The Bertz CT molecular complexity index is 976. The van der Waals surface area contributed by atoms with Gasteiger partial charge < -0.3 is 30.7 Å². The Kier molecular flexibility index (Phi) is 11.0. The molecule has 1 aromatic rings. The molecule has 0 aliphatic carbocycles. The monoisotopic (exact) mass is 540 g/mol. The molecule has 1 aromatic carbocycles. The molecule has 4 N–H and O–H groups in total. The van der Waals surface area contributed by atoms with Crippen LogP contribution in [0.1, 0.15) is 46.1 Å². The fourth-order valence-corrected chi connectivity index (χ4v) is 4.28. The van der Waals surface area contributed by atoms with E-state index >= 15 is 0 Å². The summed E-state index contributed by atoms with van der Waals surface area (Å²) in [6.45, 7) is 6.75. The highest BCUT2D eigenvalue weighted by molar-refractivity contribution is 5.92. The van der Waals surface area contributed by atoms with E-state index in [4.69, 9.17) is 4.74 Å². The molecule has 1 heterocycles. The van der Waals surface area contributed by atoms with Gasteiger partial charge in [-0.15, -0.1) is 0 Å². The van der Waals surface area contributed by atoms with Gasteiger partial charge >= 0.3 is 12.0 Å². The number of alkyl halides is 2. The summed E-state index contributed by atoms with van der Waals surface area (Å²) in [4.78, 5) is 51.9. The van der Waals surface area contributed by atoms with Crippen molar-refractivity contribution in [1.29, 1.82) is 0 Å². The van der Waals surface area contributed by atoms with Crippen molar-refractivity contribution in [3.63, 3.8) is 0 Å². The zero-order chi connectivity index (χ0) is 28.6. The number of ether oxygens (including phenoxy) is 1. The Morgan fingerprint density at radius 2 is 1.71 bits per heavy atom. The zero-order valence-electron chi connectivity index (χ0n) is 22.4. The second kappa shape index (κ2) is 13.5. The summed E-state index contributed by atoms with van der Waals surface area (Å²) < 4.78 is 34.1. The molecular formula is C26H38F2N4O6. The quantitative estimate of drug-likeness (QED) is 0.338. The number of halogens is 2. The lowest BCUT2D eigenvalue weighted by Gasteiger charge is -2.34. The maximum Gasteiger partial charge on any atom is 0.408 e. The third kappa shape index (κ3) is 7.62. The molecule has 0 bridgehead atoms. The number of hydrogen-bond donors (Lipinski definition) is 4. The van der Waals surface area contributed by atoms with E-state index in [1.54, 1.807) is 38.1 Å². The molecule has 10 nitrogen and oxygen atoms in total. The normalized spacial score (nSPS) is 18.1. The third-order valence-electron chi connectivity index (χ3n) is 6.53. The molecule has 2 rings (SSSR count). The molecule has 4 amide bonds. The standard InChI is InChI=1S/C26H38F2N4O6/c1-15(2)19(21(33)26(27,28)24(36)29-5)30-22(34)18-12-9-13-32(18)23(35)20(16(3)4)31-25(37)38-14-17-10-7-6-8-11-17/h6-8,10-11,15-16,18-21,33H,9,12-14H2,1-5H3,(H,29,36)(H,30,34)(H,31,37)/t18-,19-,20-,21+/m0/s1. The number of carbonyl (C=O) groups excluding carboxylic acids is 4. The molecule has 212 valence electrons. The molecule has 0 radical (unpaired) electrons. The van der Waals surface area contributed by atoms with E-state index in [9.17, 15) is 33.1 Å². The van der Waals surface area contributed by atoms with Crippen molar-refractivity contribution < 1.29 is 37.8 Å². The van der Waals surface area contributed by atoms with E-state index in [0.29, 0.717) is 6.42 Å². The fraction of sp³-hybridized carbons (Fsp3) is 0.615. The Morgan fingerprint density at radius 1 is 1.08 bits per heavy atom. The van der Waals surface area contributed by atoms with Crippen molar-refractivity contribution in [2.24, 2.45) is 11.8 Å². The Labute approximate surface area is 221 Å². The van der Waals surface area contributed by atoms with E-state index in [2.05, 4.69) is 10.6 Å². The topological polar surface area (TPSA) is 137 Å². The summed E-state index contributed by atoms with van der Waals surface area (Å²) in [5.41, 5.74) is 0.773. The minimum absolute atomic E-state index is 0.0139. The lowest BCUT2D eigenvalue weighted by molar-refractivity contribution is -0.169. The van der Waals surface area contributed by atoms with Gasteiger partial charge in [-0.25, -0.2) is 4.79 Å². The predicted molar refractivity (Wildman–Crippen MR) is 135 cm³/mol. The van der Waals surface area contributed by atoms with Crippen molar-refractivity contribution in [1.82, 2.24) is 20.9 Å². The number of aliphatic hydroxyl groups excluding tert-OH is 1. The first-order valence-corrected chi connectivity index (χ1v) is 12.7. The molecule has 4 atom stereocenters. The number of carbonyl (C=O) groups is 4. The van der Waals surface area contributed by atoms with Gasteiger partial charge in [-0.05, 0) is 30.2 Å². The van der Waals surface area contributed by atoms with Gasteiger partial charge in [0.2, 0.25) is 11.8 Å². The van der Waals surface area contributed by atoms with Crippen molar-refractivity contribution in [3.05, 3.63) is 35.9 Å². The number of amides is 4. The molecule has 1 aliphatic rings. The van der Waals surface area contributed by atoms with Crippen LogP contribution < -0.4 is 16.0 Å². The summed E-state index contributed by atoms with van der Waals surface area (Å²) in [7, 11) is 1.02. The molecule has 0 unspecified atom stereocenters. The Hall–Kier alpha value is -3.28. The van der Waals surface area contributed by atoms with Crippen LogP contribution >= 0.6 is 0 Å². The average molecular weight is 541 g/mol. The van der Waals surface area contributed by atoms with Crippen LogP contribution in [0.15, 0.2) is 30.3 Å². The average Bonchev–Trinajstić information content (AvgIpc) is 3.38. The highest BCUT2D eigenvalue weighted by atomic mass is 19.3. The largest absolute Gasteiger partial charge is 0.445 e. The number of rotatable bonds is 11. The smallest absolute Gasteiger partial charge is 0.408 e. The predicted octanol–water partition coefficient (Wildman–Crippen LogP) is 1.81. The Balaban J connectivity index is 2.11. The van der Waals surface area contributed by atoms with Gasteiger partial charge in [-0.1, -0.05) is 58.0 Å². The molecule has 1 aliphatic heterocycles. The van der Waals surface area contributed by atoms with E-state index < -0.39 is 59.9 Å². The highest BCUT2D eigenvalue weighted by Gasteiger charge is 2.51. The first kappa shape index (κ1) is 30.9. The lowest BCUT2D eigenvalue weighted by atomic mass is 9.93. The van der Waals surface area contributed by atoms with E-state index in [1.165, 1.54) is 18.7 Å². The summed E-state index contributed by atoms with van der Waals surface area (Å²) in [5.74, 6) is -8.05. The van der Waals surface area contributed by atoms with E-state index in [-0.39, 0.29) is 25.5 Å². The van der Waals surface area contributed by atoms with Crippen molar-refractivity contribution in [3.8, 4) is 0 Å². The molecule has 12 heteroatoms. The van der Waals surface area contributed by atoms with Crippen molar-refractivity contribution in [2.45, 2.75) is 77.3 Å². The number of aliphatic hydroxyl groups is 1. The minimum atomic E-state index is -4.14. The maximum absolute atomic E-state index is 14.4. The molecule has 0 saturated carbocycles. The van der Waals surface area contributed by atoms with Gasteiger partial charge in [0.15, 0.2) is 0 Å². The zero-order valence-corrected chi connectivity index (χ0v) is 22.4. The molecular weight excluding hydrogens is 502 g/mol. The van der Waals surface area contributed by atoms with Crippen molar-refractivity contribution in [2.75, 3.05) is 13.6 Å². The number of nitrogens with one attached hydrogen (secondary N) is 3. The van der Waals surface area contributed by atoms with Crippen LogP contribution in [0.3, 0.4) is 0 Å². The fourth-order valence-electron chi connectivity index (χ4n) is 4.28. The van der Waals surface area contributed by atoms with Crippen LogP contribution in [0.25, 0.3) is 0 Å². The third-order valence-corrected chi connectivity index (χ3v) is 6.53. The van der Waals surface area contributed by atoms with Gasteiger partial charge in [-0.2, -0.15) is 8.78 Å². The summed E-state index contributed by atoms with van der Waals surface area (Å²) in [6.07, 6.45) is -2.52. The number of benzene rings is 1. The van der Waals surface area contributed by atoms with Crippen LogP contribution in [0.2, 0.25) is 0 Å². The van der Waals surface area contributed by atoms with Crippen LogP contribution in [-0.4, -0.2) is 77.6 Å². The van der Waals surface area contributed by atoms with Crippen LogP contribution in [0.4, 0.5) is 13.6 Å². The van der Waals surface area contributed by atoms with Gasteiger partial charge in [0.25, 0.3) is 5.91 Å². The molecule has 0 spiro atoms. The molecule has 1 saturated heterocycles. The molecule has 1 fully saturated rings. The first-order chi connectivity index (χ1) is 17.8. The molecule has 38 heavy (non-hydrogen) atoms. The number of likely N-dealkylation sites (tertiary alicyclic amines) is 1. The Morgan fingerprint density at radius 3 is 2.26 bits per heavy atom. The summed E-state index contributed by atoms with van der Waals surface area (Å²) in [6, 6.07) is 5.58. The van der Waals surface area contributed by atoms with Gasteiger partial charge in [0.05, 0.1) is 6.04 Å². The summed E-state index contributed by atoms with van der Waals surface area (Å²) in [5, 5.41) is 17.1.